The number of carbonyl (C=O) groups excluding carboxylic acids is 1. The monoisotopic (exact) mass is 211 g/mol. The Hall–Kier alpha value is -1.49. The Kier molecular flexibility index (Phi) is 3.74. The number of rotatable bonds is 4. The zero-order valence-corrected chi connectivity index (χ0v) is 9.32. The first-order valence-corrected chi connectivity index (χ1v) is 4.92. The van der Waals surface area contributed by atoms with Gasteiger partial charge < -0.3 is 9.47 Å². The quantitative estimate of drug-likeness (QED) is 0.738. The van der Waals surface area contributed by atoms with Crippen LogP contribution in [0.4, 0.5) is 5.69 Å². The molecule has 5 heteroatoms. The van der Waals surface area contributed by atoms with Gasteiger partial charge in [-0.05, 0) is 12.5 Å². The van der Waals surface area contributed by atoms with Crippen molar-refractivity contribution in [2.75, 3.05) is 19.1 Å². The van der Waals surface area contributed by atoms with E-state index < -0.39 is 0 Å². The van der Waals surface area contributed by atoms with Gasteiger partial charge in [0.15, 0.2) is 0 Å². The summed E-state index contributed by atoms with van der Waals surface area (Å²) in [6, 6.07) is 1.62. The minimum absolute atomic E-state index is 0.0409. The molecule has 1 rings (SSSR count). The van der Waals surface area contributed by atoms with Crippen LogP contribution in [0.3, 0.4) is 0 Å². The predicted molar refractivity (Wildman–Crippen MR) is 58.1 cm³/mol. The molecule has 2 N–H and O–H groups in total. The summed E-state index contributed by atoms with van der Waals surface area (Å²) >= 11 is 0. The largest absolute Gasteiger partial charge is 0.344 e. The Balaban J connectivity index is 2.85. The molecule has 0 aromatic carbocycles. The summed E-state index contributed by atoms with van der Waals surface area (Å²) in [5, 5.41) is 8.71. The highest BCUT2D eigenvalue weighted by Crippen LogP contribution is 2.13. The smallest absolute Gasteiger partial charge is 0.270 e. The fraction of sp³-hybridized carbons (Fsp3) is 0.500. The molecule has 1 aromatic heterocycles. The number of amides is 1. The van der Waals surface area contributed by atoms with Gasteiger partial charge in [0.25, 0.3) is 5.91 Å². The zero-order chi connectivity index (χ0) is 11.4. The lowest BCUT2D eigenvalue weighted by Gasteiger charge is -2.15. The normalized spacial score (nSPS) is 10.1. The lowest BCUT2D eigenvalue weighted by Crippen LogP contribution is -2.28. The van der Waals surface area contributed by atoms with Gasteiger partial charge in [-0.3, -0.25) is 15.5 Å². The molecule has 0 spiro atoms. The van der Waals surface area contributed by atoms with E-state index in [0.29, 0.717) is 11.4 Å². The first kappa shape index (κ1) is 11.6. The zero-order valence-electron chi connectivity index (χ0n) is 9.32. The predicted octanol–water partition coefficient (Wildman–Crippen LogP) is 1.31. The van der Waals surface area contributed by atoms with Crippen LogP contribution in [0, 0.1) is 0 Å². The Morgan fingerprint density at radius 2 is 2.33 bits per heavy atom. The summed E-state index contributed by atoms with van der Waals surface area (Å²) in [4.78, 5) is 13.5. The van der Waals surface area contributed by atoms with E-state index in [1.807, 2.05) is 12.4 Å². The molecule has 0 bridgehead atoms. The maximum absolute atomic E-state index is 11.9. The topological polar surface area (TPSA) is 57.5 Å². The third kappa shape index (κ3) is 2.50. The average molecular weight is 211 g/mol. The minimum Gasteiger partial charge on any atom is -0.344 e. The summed E-state index contributed by atoms with van der Waals surface area (Å²) in [7, 11) is 3.54. The van der Waals surface area contributed by atoms with Gasteiger partial charge in [0.05, 0.1) is 5.69 Å². The van der Waals surface area contributed by atoms with Crippen LogP contribution in [0.25, 0.3) is 0 Å². The van der Waals surface area contributed by atoms with Crippen LogP contribution in [-0.4, -0.2) is 34.2 Å². The number of aryl methyl sites for hydroxylation is 1. The number of nitrogens with one attached hydrogen (secondary N) is 1. The molecule has 5 nitrogen and oxygen atoms in total. The molecular formula is C10H17N3O2. The molecular weight excluding hydrogens is 194 g/mol. The standard InChI is InChI=1S/C10H17N3O2/c1-4-5-12(2)10(14)9-6-8(11-15)7-13(9)3/h6-7,11,15H,4-5H2,1-3H3. The number of hydrogen-bond acceptors (Lipinski definition) is 3. The van der Waals surface area contributed by atoms with Gasteiger partial charge in [-0.1, -0.05) is 6.92 Å². The van der Waals surface area contributed by atoms with E-state index >= 15 is 0 Å². The van der Waals surface area contributed by atoms with Crippen molar-refractivity contribution >= 4 is 11.6 Å². The second-order valence-corrected chi connectivity index (χ2v) is 3.56. The van der Waals surface area contributed by atoms with E-state index in [-0.39, 0.29) is 5.91 Å². The molecule has 0 aliphatic heterocycles. The molecule has 0 saturated carbocycles. The second-order valence-electron chi connectivity index (χ2n) is 3.56. The molecule has 0 radical (unpaired) electrons. The van der Waals surface area contributed by atoms with E-state index in [0.717, 1.165) is 13.0 Å². The van der Waals surface area contributed by atoms with Crippen LogP contribution in [0.5, 0.6) is 0 Å². The molecule has 0 fully saturated rings. The van der Waals surface area contributed by atoms with Crippen LogP contribution in [0.1, 0.15) is 23.8 Å². The van der Waals surface area contributed by atoms with Gasteiger partial charge in [-0.2, -0.15) is 0 Å². The van der Waals surface area contributed by atoms with E-state index in [4.69, 9.17) is 5.21 Å². The highest BCUT2D eigenvalue weighted by Gasteiger charge is 2.15. The minimum atomic E-state index is -0.0409. The van der Waals surface area contributed by atoms with Crippen molar-refractivity contribution < 1.29 is 10.0 Å². The molecule has 0 atom stereocenters. The molecule has 84 valence electrons. The van der Waals surface area contributed by atoms with E-state index in [1.54, 1.807) is 35.8 Å². The summed E-state index contributed by atoms with van der Waals surface area (Å²) in [6.07, 6.45) is 2.59. The molecule has 0 unspecified atom stereocenters. The maximum Gasteiger partial charge on any atom is 0.270 e. The highest BCUT2D eigenvalue weighted by molar-refractivity contribution is 5.93. The van der Waals surface area contributed by atoms with Crippen LogP contribution < -0.4 is 5.48 Å². The SMILES string of the molecule is CCCN(C)C(=O)c1cc(NO)cn1C. The van der Waals surface area contributed by atoms with Crippen molar-refractivity contribution in [3.05, 3.63) is 18.0 Å². The summed E-state index contributed by atoms with van der Waals surface area (Å²) in [5.74, 6) is -0.0409. The van der Waals surface area contributed by atoms with Crippen molar-refractivity contribution in [3.63, 3.8) is 0 Å². The molecule has 15 heavy (non-hydrogen) atoms. The van der Waals surface area contributed by atoms with E-state index in [2.05, 4.69) is 0 Å². The van der Waals surface area contributed by atoms with Crippen LogP contribution in [0.2, 0.25) is 0 Å². The summed E-state index contributed by atoms with van der Waals surface area (Å²) in [6.45, 7) is 2.75. The second kappa shape index (κ2) is 4.84. The molecule has 1 aromatic rings. The maximum atomic E-state index is 11.9. The van der Waals surface area contributed by atoms with Crippen molar-refractivity contribution in [2.24, 2.45) is 7.05 Å². The van der Waals surface area contributed by atoms with E-state index in [9.17, 15) is 4.79 Å². The first-order chi connectivity index (χ1) is 7.10. The van der Waals surface area contributed by atoms with Crippen LogP contribution >= 0.6 is 0 Å². The number of anilines is 1. The van der Waals surface area contributed by atoms with E-state index in [1.165, 1.54) is 0 Å². The Morgan fingerprint density at radius 1 is 1.67 bits per heavy atom. The summed E-state index contributed by atoms with van der Waals surface area (Å²) < 4.78 is 1.69. The number of hydrogen-bond donors (Lipinski definition) is 2. The molecule has 0 saturated heterocycles. The Bertz CT molecular complexity index is 346. The van der Waals surface area contributed by atoms with Crippen molar-refractivity contribution in [1.82, 2.24) is 9.47 Å². The van der Waals surface area contributed by atoms with Gasteiger partial charge >= 0.3 is 0 Å². The third-order valence-electron chi connectivity index (χ3n) is 2.26. The summed E-state index contributed by atoms with van der Waals surface area (Å²) in [5.41, 5.74) is 3.10. The van der Waals surface area contributed by atoms with Gasteiger partial charge in [0.1, 0.15) is 5.69 Å². The van der Waals surface area contributed by atoms with Crippen LogP contribution in [-0.2, 0) is 7.05 Å². The molecule has 1 amide bonds. The molecule has 0 aliphatic rings. The highest BCUT2D eigenvalue weighted by atomic mass is 16.5. The third-order valence-corrected chi connectivity index (χ3v) is 2.26. The number of carbonyl (C=O) groups is 1. The van der Waals surface area contributed by atoms with Crippen molar-refractivity contribution in [3.8, 4) is 0 Å². The van der Waals surface area contributed by atoms with Gasteiger partial charge in [-0.15, -0.1) is 0 Å². The Labute approximate surface area is 89.3 Å². The van der Waals surface area contributed by atoms with Crippen molar-refractivity contribution in [2.45, 2.75) is 13.3 Å². The van der Waals surface area contributed by atoms with Gasteiger partial charge in [-0.25, -0.2) is 0 Å². The number of nitrogens with zero attached hydrogens (tertiary/aromatic N) is 2. The van der Waals surface area contributed by atoms with Crippen molar-refractivity contribution in [1.29, 1.82) is 0 Å². The molecule has 0 aliphatic carbocycles. The Morgan fingerprint density at radius 3 is 2.80 bits per heavy atom. The lowest BCUT2D eigenvalue weighted by atomic mass is 10.3. The molecule has 1 heterocycles. The first-order valence-electron chi connectivity index (χ1n) is 4.92. The fourth-order valence-corrected chi connectivity index (χ4v) is 1.47. The average Bonchev–Trinajstić information content (AvgIpc) is 2.59. The number of aromatic nitrogens is 1. The lowest BCUT2D eigenvalue weighted by molar-refractivity contribution is 0.0786. The van der Waals surface area contributed by atoms with Crippen LogP contribution in [0.15, 0.2) is 12.3 Å². The van der Waals surface area contributed by atoms with Gasteiger partial charge in [0.2, 0.25) is 0 Å². The van der Waals surface area contributed by atoms with Gasteiger partial charge in [0, 0.05) is 26.8 Å². The fourth-order valence-electron chi connectivity index (χ4n) is 1.47.